The van der Waals surface area contributed by atoms with Crippen molar-refractivity contribution in [3.8, 4) is 0 Å². The van der Waals surface area contributed by atoms with Gasteiger partial charge in [-0.2, -0.15) is 11.8 Å². The average molecular weight is 238 g/mol. The van der Waals surface area contributed by atoms with Gasteiger partial charge in [-0.3, -0.25) is 4.79 Å². The summed E-state index contributed by atoms with van der Waals surface area (Å²) in [6.45, 7) is 3.30. The van der Waals surface area contributed by atoms with Crippen molar-refractivity contribution in [2.75, 3.05) is 23.9 Å². The van der Waals surface area contributed by atoms with Crippen molar-refractivity contribution in [1.82, 2.24) is 5.32 Å². The molecule has 0 atom stereocenters. The maximum absolute atomic E-state index is 11.0. The maximum Gasteiger partial charge on any atom is 0.221 e. The Morgan fingerprint density at radius 2 is 2.12 bits per heavy atom. The zero-order chi connectivity index (χ0) is 11.8. The number of hydrogen-bond donors (Lipinski definition) is 2. The molecule has 0 aliphatic rings. The van der Waals surface area contributed by atoms with Gasteiger partial charge in [-0.1, -0.05) is 18.2 Å². The lowest BCUT2D eigenvalue weighted by molar-refractivity contribution is -0.114. The van der Waals surface area contributed by atoms with E-state index in [-0.39, 0.29) is 5.91 Å². The van der Waals surface area contributed by atoms with Crippen LogP contribution in [0.25, 0.3) is 0 Å². The molecular formula is C12H18N2OS. The van der Waals surface area contributed by atoms with Crippen LogP contribution in [0, 0.1) is 0 Å². The number of para-hydroxylation sites is 1. The Balaban J connectivity index is 2.53. The molecule has 0 saturated carbocycles. The number of benzene rings is 1. The summed E-state index contributed by atoms with van der Waals surface area (Å²) in [5.74, 6) is 1.07. The molecule has 0 radical (unpaired) electrons. The van der Waals surface area contributed by atoms with Crippen LogP contribution in [0.15, 0.2) is 24.3 Å². The zero-order valence-electron chi connectivity index (χ0n) is 9.75. The number of anilines is 1. The number of carbonyl (C=O) groups is 1. The summed E-state index contributed by atoms with van der Waals surface area (Å²) in [6, 6.07) is 7.86. The first-order valence-electron chi connectivity index (χ1n) is 5.29. The van der Waals surface area contributed by atoms with E-state index in [9.17, 15) is 4.79 Å². The molecule has 0 aliphatic carbocycles. The van der Waals surface area contributed by atoms with E-state index in [1.165, 1.54) is 6.92 Å². The Morgan fingerprint density at radius 1 is 1.38 bits per heavy atom. The molecule has 0 aliphatic heterocycles. The summed E-state index contributed by atoms with van der Waals surface area (Å²) in [5, 5.41) is 6.17. The molecule has 1 aromatic rings. The monoisotopic (exact) mass is 238 g/mol. The summed E-state index contributed by atoms with van der Waals surface area (Å²) in [7, 11) is 0. The molecule has 1 rings (SSSR count). The van der Waals surface area contributed by atoms with Crippen molar-refractivity contribution in [1.29, 1.82) is 0 Å². The second kappa shape index (κ2) is 7.30. The maximum atomic E-state index is 11.0. The minimum absolute atomic E-state index is 0.0310. The molecule has 0 spiro atoms. The fourth-order valence-corrected chi connectivity index (χ4v) is 1.73. The molecule has 16 heavy (non-hydrogen) atoms. The fourth-order valence-electron chi connectivity index (χ4n) is 1.38. The summed E-state index contributed by atoms with van der Waals surface area (Å²) >= 11 is 1.82. The highest BCUT2D eigenvalue weighted by Crippen LogP contribution is 2.14. The zero-order valence-corrected chi connectivity index (χ0v) is 10.6. The molecule has 0 unspecified atom stereocenters. The Morgan fingerprint density at radius 3 is 2.81 bits per heavy atom. The third-order valence-corrected chi connectivity index (χ3v) is 2.74. The van der Waals surface area contributed by atoms with E-state index in [0.717, 1.165) is 30.1 Å². The molecule has 2 N–H and O–H groups in total. The Kier molecular flexibility index (Phi) is 5.96. The van der Waals surface area contributed by atoms with Crippen molar-refractivity contribution in [3.05, 3.63) is 29.8 Å². The van der Waals surface area contributed by atoms with Gasteiger partial charge < -0.3 is 10.6 Å². The van der Waals surface area contributed by atoms with E-state index < -0.39 is 0 Å². The van der Waals surface area contributed by atoms with Crippen molar-refractivity contribution in [3.63, 3.8) is 0 Å². The van der Waals surface area contributed by atoms with Gasteiger partial charge in [0.25, 0.3) is 0 Å². The molecule has 1 amide bonds. The highest BCUT2D eigenvalue weighted by Gasteiger charge is 2.02. The largest absolute Gasteiger partial charge is 0.326 e. The predicted octanol–water partition coefficient (Wildman–Crippen LogP) is 2.10. The van der Waals surface area contributed by atoms with Gasteiger partial charge in [-0.05, 0) is 17.9 Å². The summed E-state index contributed by atoms with van der Waals surface area (Å²) in [6.07, 6.45) is 2.09. The van der Waals surface area contributed by atoms with Crippen molar-refractivity contribution < 1.29 is 4.79 Å². The van der Waals surface area contributed by atoms with Gasteiger partial charge in [0.1, 0.15) is 0 Å². The second-order valence-electron chi connectivity index (χ2n) is 3.51. The first kappa shape index (κ1) is 13.1. The molecule has 3 nitrogen and oxygen atoms in total. The van der Waals surface area contributed by atoms with Crippen LogP contribution in [-0.2, 0) is 11.3 Å². The van der Waals surface area contributed by atoms with E-state index in [0.29, 0.717) is 0 Å². The Bertz CT molecular complexity index is 342. The van der Waals surface area contributed by atoms with E-state index >= 15 is 0 Å². The number of amides is 1. The molecular weight excluding hydrogens is 220 g/mol. The van der Waals surface area contributed by atoms with Gasteiger partial charge in [0.05, 0.1) is 0 Å². The minimum Gasteiger partial charge on any atom is -0.326 e. The number of nitrogens with one attached hydrogen (secondary N) is 2. The van der Waals surface area contributed by atoms with Crippen LogP contribution in [0.5, 0.6) is 0 Å². The van der Waals surface area contributed by atoms with E-state index in [1.54, 1.807) is 0 Å². The highest BCUT2D eigenvalue weighted by atomic mass is 32.2. The lowest BCUT2D eigenvalue weighted by Gasteiger charge is -2.10. The summed E-state index contributed by atoms with van der Waals surface area (Å²) in [5.41, 5.74) is 2.02. The number of hydrogen-bond acceptors (Lipinski definition) is 3. The summed E-state index contributed by atoms with van der Waals surface area (Å²) < 4.78 is 0. The molecule has 0 saturated heterocycles. The fraction of sp³-hybridized carbons (Fsp3) is 0.417. The van der Waals surface area contributed by atoms with Crippen LogP contribution >= 0.6 is 11.8 Å². The van der Waals surface area contributed by atoms with Gasteiger partial charge in [0, 0.05) is 31.5 Å². The quantitative estimate of drug-likeness (QED) is 0.746. The molecule has 4 heteroatoms. The van der Waals surface area contributed by atoms with Crippen LogP contribution in [0.3, 0.4) is 0 Å². The Labute approximate surface area is 101 Å². The molecule has 1 aromatic carbocycles. The number of carbonyl (C=O) groups excluding carboxylic acids is 1. The SMILES string of the molecule is CSCCNCc1ccccc1NC(C)=O. The van der Waals surface area contributed by atoms with Crippen molar-refractivity contribution >= 4 is 23.4 Å². The molecule has 0 fully saturated rings. The first-order chi connectivity index (χ1) is 7.74. The molecule has 88 valence electrons. The third kappa shape index (κ3) is 4.68. The number of thioether (sulfide) groups is 1. The average Bonchev–Trinajstić information content (AvgIpc) is 2.26. The molecule has 0 heterocycles. The summed E-state index contributed by atoms with van der Waals surface area (Å²) in [4.78, 5) is 11.0. The van der Waals surface area contributed by atoms with Crippen LogP contribution in [0.2, 0.25) is 0 Å². The Hall–Kier alpha value is -1.00. The van der Waals surface area contributed by atoms with Gasteiger partial charge in [-0.15, -0.1) is 0 Å². The van der Waals surface area contributed by atoms with Gasteiger partial charge >= 0.3 is 0 Å². The van der Waals surface area contributed by atoms with E-state index in [4.69, 9.17) is 0 Å². The van der Waals surface area contributed by atoms with Gasteiger partial charge in [0.15, 0.2) is 0 Å². The molecule has 0 aromatic heterocycles. The highest BCUT2D eigenvalue weighted by molar-refractivity contribution is 7.98. The smallest absolute Gasteiger partial charge is 0.221 e. The van der Waals surface area contributed by atoms with Crippen LogP contribution in [0.1, 0.15) is 12.5 Å². The van der Waals surface area contributed by atoms with Crippen molar-refractivity contribution in [2.45, 2.75) is 13.5 Å². The van der Waals surface area contributed by atoms with Crippen LogP contribution in [-0.4, -0.2) is 24.5 Å². The van der Waals surface area contributed by atoms with Gasteiger partial charge in [-0.25, -0.2) is 0 Å². The van der Waals surface area contributed by atoms with Crippen LogP contribution < -0.4 is 10.6 Å². The normalized spacial score (nSPS) is 10.1. The number of rotatable bonds is 6. The standard InChI is InChI=1S/C12H18N2OS/c1-10(15)14-12-6-4-3-5-11(12)9-13-7-8-16-2/h3-6,13H,7-9H2,1-2H3,(H,14,15). The van der Waals surface area contributed by atoms with Crippen LogP contribution in [0.4, 0.5) is 5.69 Å². The second-order valence-corrected chi connectivity index (χ2v) is 4.49. The minimum atomic E-state index is -0.0310. The predicted molar refractivity (Wildman–Crippen MR) is 70.8 cm³/mol. The lowest BCUT2D eigenvalue weighted by Crippen LogP contribution is -2.18. The van der Waals surface area contributed by atoms with Gasteiger partial charge in [0.2, 0.25) is 5.91 Å². The van der Waals surface area contributed by atoms with E-state index in [2.05, 4.69) is 16.9 Å². The molecule has 0 bridgehead atoms. The first-order valence-corrected chi connectivity index (χ1v) is 6.68. The third-order valence-electron chi connectivity index (χ3n) is 2.13. The topological polar surface area (TPSA) is 41.1 Å². The van der Waals surface area contributed by atoms with Crippen molar-refractivity contribution in [2.24, 2.45) is 0 Å². The van der Waals surface area contributed by atoms with E-state index in [1.807, 2.05) is 36.0 Å². The lowest BCUT2D eigenvalue weighted by atomic mass is 10.1.